The molecule has 1 aromatic rings. The molecule has 5 nitrogen and oxygen atoms in total. The van der Waals surface area contributed by atoms with E-state index < -0.39 is 5.97 Å². The summed E-state index contributed by atoms with van der Waals surface area (Å²) in [5.74, 6) is -0.175. The molecule has 0 saturated carbocycles. The summed E-state index contributed by atoms with van der Waals surface area (Å²) in [5.41, 5.74) is 1.51. The molecular weight excluding hydrogens is 258 g/mol. The van der Waals surface area contributed by atoms with Gasteiger partial charge in [0.25, 0.3) is 0 Å². The van der Waals surface area contributed by atoms with Crippen LogP contribution >= 0.6 is 0 Å². The molecule has 106 valence electrons. The maximum atomic E-state index is 11.6. The van der Waals surface area contributed by atoms with Crippen molar-refractivity contribution >= 4 is 17.6 Å². The first-order chi connectivity index (χ1) is 9.56. The van der Waals surface area contributed by atoms with Crippen LogP contribution in [-0.2, 0) is 9.59 Å². The maximum Gasteiger partial charge on any atom is 0.328 e. The highest BCUT2D eigenvalue weighted by Crippen LogP contribution is 2.24. The summed E-state index contributed by atoms with van der Waals surface area (Å²) >= 11 is 0. The number of aliphatic carboxylic acids is 1. The van der Waals surface area contributed by atoms with Crippen molar-refractivity contribution in [3.05, 3.63) is 35.9 Å². The van der Waals surface area contributed by atoms with E-state index in [4.69, 9.17) is 9.84 Å². The second kappa shape index (κ2) is 6.23. The quantitative estimate of drug-likeness (QED) is 0.837. The number of ether oxygens (including phenoxy) is 1. The van der Waals surface area contributed by atoms with Crippen LogP contribution in [0.1, 0.15) is 19.8 Å². The molecule has 1 heterocycles. The summed E-state index contributed by atoms with van der Waals surface area (Å²) in [6, 6.07) is 7.26. The van der Waals surface area contributed by atoms with Crippen LogP contribution < -0.4 is 9.64 Å². The van der Waals surface area contributed by atoms with Crippen molar-refractivity contribution in [2.24, 2.45) is 0 Å². The lowest BCUT2D eigenvalue weighted by atomic mass is 10.2. The molecule has 0 atom stereocenters. The van der Waals surface area contributed by atoms with Gasteiger partial charge in [-0.2, -0.15) is 0 Å². The molecule has 1 amide bonds. The fraction of sp³-hybridized carbons (Fsp3) is 0.333. The third-order valence-corrected chi connectivity index (χ3v) is 3.06. The second-order valence-corrected chi connectivity index (χ2v) is 4.76. The van der Waals surface area contributed by atoms with Crippen LogP contribution in [0, 0.1) is 0 Å². The Hall–Kier alpha value is -2.30. The summed E-state index contributed by atoms with van der Waals surface area (Å²) in [5, 5.41) is 8.59. The predicted molar refractivity (Wildman–Crippen MR) is 74.9 cm³/mol. The number of nitrogens with zero attached hydrogens (tertiary/aromatic N) is 1. The van der Waals surface area contributed by atoms with Crippen LogP contribution in [0.2, 0.25) is 0 Å². The molecule has 1 aliphatic rings. The zero-order valence-electron chi connectivity index (χ0n) is 11.3. The summed E-state index contributed by atoms with van der Waals surface area (Å²) in [6.07, 6.45) is 2.63. The molecule has 1 fully saturated rings. The van der Waals surface area contributed by atoms with Gasteiger partial charge in [-0.25, -0.2) is 4.79 Å². The van der Waals surface area contributed by atoms with Crippen molar-refractivity contribution in [2.75, 3.05) is 18.1 Å². The van der Waals surface area contributed by atoms with Gasteiger partial charge in [-0.3, -0.25) is 4.79 Å². The smallest absolute Gasteiger partial charge is 0.328 e. The highest BCUT2D eigenvalue weighted by atomic mass is 16.5. The molecule has 0 unspecified atom stereocenters. The third kappa shape index (κ3) is 3.60. The van der Waals surface area contributed by atoms with Gasteiger partial charge >= 0.3 is 5.97 Å². The minimum Gasteiger partial charge on any atom is -0.489 e. The Labute approximate surface area is 117 Å². The zero-order chi connectivity index (χ0) is 14.5. The first-order valence-corrected chi connectivity index (χ1v) is 6.49. The van der Waals surface area contributed by atoms with Crippen molar-refractivity contribution in [1.82, 2.24) is 0 Å². The lowest BCUT2D eigenvalue weighted by Gasteiger charge is -2.16. The number of hydrogen-bond donors (Lipinski definition) is 1. The van der Waals surface area contributed by atoms with E-state index in [1.807, 2.05) is 12.1 Å². The van der Waals surface area contributed by atoms with Gasteiger partial charge in [0.05, 0.1) is 0 Å². The van der Waals surface area contributed by atoms with Crippen molar-refractivity contribution in [2.45, 2.75) is 19.8 Å². The number of hydrogen-bond acceptors (Lipinski definition) is 3. The Kier molecular flexibility index (Phi) is 4.40. The lowest BCUT2D eigenvalue weighted by Crippen LogP contribution is -2.23. The molecule has 20 heavy (non-hydrogen) atoms. The molecule has 1 aliphatic heterocycles. The SMILES string of the molecule is CC(=CC(=O)O)COc1ccc(N2CCCC2=O)cc1. The first-order valence-electron chi connectivity index (χ1n) is 6.49. The number of benzene rings is 1. The fourth-order valence-electron chi connectivity index (χ4n) is 2.09. The van der Waals surface area contributed by atoms with Gasteiger partial charge in [0.15, 0.2) is 0 Å². The molecular formula is C15H17NO4. The van der Waals surface area contributed by atoms with Crippen LogP contribution in [0.15, 0.2) is 35.9 Å². The highest BCUT2D eigenvalue weighted by Gasteiger charge is 2.21. The Morgan fingerprint density at radius 3 is 2.65 bits per heavy atom. The Bertz CT molecular complexity index is 533. The summed E-state index contributed by atoms with van der Waals surface area (Å²) in [6.45, 7) is 2.69. The molecule has 0 aromatic heterocycles. The van der Waals surface area contributed by atoms with Gasteiger partial charge in [0.1, 0.15) is 12.4 Å². The molecule has 1 saturated heterocycles. The Morgan fingerprint density at radius 1 is 1.40 bits per heavy atom. The first kappa shape index (κ1) is 14.1. The van der Waals surface area contributed by atoms with E-state index in [0.717, 1.165) is 24.7 Å². The van der Waals surface area contributed by atoms with Gasteiger partial charge in [-0.15, -0.1) is 0 Å². The number of carboxylic acids is 1. The van der Waals surface area contributed by atoms with Crippen LogP contribution in [0.25, 0.3) is 0 Å². The van der Waals surface area contributed by atoms with E-state index in [1.165, 1.54) is 0 Å². The van der Waals surface area contributed by atoms with Crippen LogP contribution in [0.4, 0.5) is 5.69 Å². The molecule has 1 N–H and O–H groups in total. The van der Waals surface area contributed by atoms with Gasteiger partial charge in [0.2, 0.25) is 5.91 Å². The summed E-state index contributed by atoms with van der Waals surface area (Å²) < 4.78 is 5.48. The van der Waals surface area contributed by atoms with E-state index >= 15 is 0 Å². The number of amides is 1. The monoisotopic (exact) mass is 275 g/mol. The van der Waals surface area contributed by atoms with Crippen molar-refractivity contribution < 1.29 is 19.4 Å². The number of carbonyl (C=O) groups excluding carboxylic acids is 1. The van der Waals surface area contributed by atoms with E-state index in [2.05, 4.69) is 0 Å². The van der Waals surface area contributed by atoms with E-state index in [1.54, 1.807) is 24.0 Å². The van der Waals surface area contributed by atoms with E-state index in [0.29, 0.717) is 17.7 Å². The normalized spacial score (nSPS) is 15.6. The van der Waals surface area contributed by atoms with Gasteiger partial charge < -0.3 is 14.7 Å². The van der Waals surface area contributed by atoms with Crippen LogP contribution in [-0.4, -0.2) is 30.1 Å². The average molecular weight is 275 g/mol. The number of anilines is 1. The zero-order valence-corrected chi connectivity index (χ0v) is 11.3. The minimum absolute atomic E-state index is 0.152. The largest absolute Gasteiger partial charge is 0.489 e. The average Bonchev–Trinajstić information content (AvgIpc) is 2.82. The molecule has 1 aromatic carbocycles. The predicted octanol–water partition coefficient (Wildman–Crippen LogP) is 2.22. The Balaban J connectivity index is 1.95. The second-order valence-electron chi connectivity index (χ2n) is 4.76. The molecule has 2 rings (SSSR count). The third-order valence-electron chi connectivity index (χ3n) is 3.06. The van der Waals surface area contributed by atoms with Gasteiger partial charge in [-0.05, 0) is 43.2 Å². The minimum atomic E-state index is -0.978. The maximum absolute atomic E-state index is 11.6. The lowest BCUT2D eigenvalue weighted by molar-refractivity contribution is -0.131. The number of carboxylic acid groups (broad SMARTS) is 1. The van der Waals surface area contributed by atoms with Crippen molar-refractivity contribution in [3.8, 4) is 5.75 Å². The number of rotatable bonds is 5. The van der Waals surface area contributed by atoms with E-state index in [-0.39, 0.29) is 12.5 Å². The van der Waals surface area contributed by atoms with Crippen molar-refractivity contribution in [3.63, 3.8) is 0 Å². The van der Waals surface area contributed by atoms with Crippen molar-refractivity contribution in [1.29, 1.82) is 0 Å². The van der Waals surface area contributed by atoms with Gasteiger partial charge in [0, 0.05) is 24.7 Å². The summed E-state index contributed by atoms with van der Waals surface area (Å²) in [7, 11) is 0. The molecule has 0 spiro atoms. The standard InChI is InChI=1S/C15H17NO4/c1-11(9-15(18)19)10-20-13-6-4-12(5-7-13)16-8-2-3-14(16)17/h4-7,9H,2-3,8,10H2,1H3,(H,18,19). The molecule has 0 radical (unpaired) electrons. The van der Waals surface area contributed by atoms with Crippen LogP contribution in [0.3, 0.4) is 0 Å². The molecule has 5 heteroatoms. The Morgan fingerprint density at radius 2 is 2.10 bits per heavy atom. The van der Waals surface area contributed by atoms with Gasteiger partial charge in [-0.1, -0.05) is 0 Å². The fourth-order valence-corrected chi connectivity index (χ4v) is 2.09. The molecule has 0 aliphatic carbocycles. The topological polar surface area (TPSA) is 66.8 Å². The van der Waals surface area contributed by atoms with E-state index in [9.17, 15) is 9.59 Å². The summed E-state index contributed by atoms with van der Waals surface area (Å²) in [4.78, 5) is 23.8. The molecule has 0 bridgehead atoms. The highest BCUT2D eigenvalue weighted by molar-refractivity contribution is 5.95. The van der Waals surface area contributed by atoms with Crippen LogP contribution in [0.5, 0.6) is 5.75 Å². The number of carbonyl (C=O) groups is 2.